The molecule has 0 aliphatic heterocycles. The predicted octanol–water partition coefficient (Wildman–Crippen LogP) is 3.30. The van der Waals surface area contributed by atoms with E-state index >= 15 is 0 Å². The molecular formula is C12H18BrNOS. The predicted molar refractivity (Wildman–Crippen MR) is 75.4 cm³/mol. The Morgan fingerprint density at radius 1 is 1.50 bits per heavy atom. The Labute approximate surface area is 110 Å². The molecule has 0 aliphatic carbocycles. The molecule has 0 fully saturated rings. The first kappa shape index (κ1) is 13.9. The molecular weight excluding hydrogens is 286 g/mol. The van der Waals surface area contributed by atoms with Crippen LogP contribution in [0.5, 0.6) is 5.75 Å². The third-order valence-electron chi connectivity index (χ3n) is 2.39. The van der Waals surface area contributed by atoms with Gasteiger partial charge in [-0.15, -0.1) is 0 Å². The van der Waals surface area contributed by atoms with Crippen LogP contribution in [0.2, 0.25) is 0 Å². The van der Waals surface area contributed by atoms with Gasteiger partial charge in [0.15, 0.2) is 0 Å². The minimum atomic E-state index is 0.637. The van der Waals surface area contributed by atoms with Crippen LogP contribution in [-0.4, -0.2) is 25.2 Å². The largest absolute Gasteiger partial charge is 0.496 e. The van der Waals surface area contributed by atoms with Crippen LogP contribution in [-0.2, 0) is 6.54 Å². The molecule has 1 aromatic rings. The Kier molecular flexibility index (Phi) is 6.24. The van der Waals surface area contributed by atoms with Gasteiger partial charge in [-0.05, 0) is 24.5 Å². The van der Waals surface area contributed by atoms with Crippen LogP contribution in [0.1, 0.15) is 12.5 Å². The van der Waals surface area contributed by atoms with E-state index in [1.54, 1.807) is 7.11 Å². The van der Waals surface area contributed by atoms with Gasteiger partial charge in [0, 0.05) is 28.4 Å². The monoisotopic (exact) mass is 303 g/mol. The highest BCUT2D eigenvalue weighted by atomic mass is 79.9. The van der Waals surface area contributed by atoms with E-state index in [2.05, 4.69) is 40.5 Å². The summed E-state index contributed by atoms with van der Waals surface area (Å²) in [7, 11) is 1.71. The number of hydrogen-bond donors (Lipinski definition) is 1. The molecule has 0 aliphatic rings. The van der Waals surface area contributed by atoms with Crippen LogP contribution in [0.15, 0.2) is 22.7 Å². The lowest BCUT2D eigenvalue weighted by Gasteiger charge is -2.12. The average molecular weight is 304 g/mol. The molecule has 1 atom stereocenters. The van der Waals surface area contributed by atoms with E-state index in [0.717, 1.165) is 23.3 Å². The highest BCUT2D eigenvalue weighted by Crippen LogP contribution is 2.22. The molecule has 90 valence electrons. The van der Waals surface area contributed by atoms with E-state index < -0.39 is 0 Å². The van der Waals surface area contributed by atoms with Gasteiger partial charge in [0.2, 0.25) is 0 Å². The maximum absolute atomic E-state index is 5.32. The van der Waals surface area contributed by atoms with Gasteiger partial charge in [-0.2, -0.15) is 11.8 Å². The second kappa shape index (κ2) is 7.20. The van der Waals surface area contributed by atoms with Gasteiger partial charge >= 0.3 is 0 Å². The van der Waals surface area contributed by atoms with Gasteiger partial charge in [0.25, 0.3) is 0 Å². The standard InChI is InChI=1S/C12H18BrNOS/c1-9(16-3)7-14-8-10-6-11(13)4-5-12(10)15-2/h4-6,9,14H,7-8H2,1-3H3. The fourth-order valence-electron chi connectivity index (χ4n) is 1.38. The first-order valence-electron chi connectivity index (χ1n) is 5.23. The molecule has 16 heavy (non-hydrogen) atoms. The van der Waals surface area contributed by atoms with Crippen molar-refractivity contribution in [3.63, 3.8) is 0 Å². The van der Waals surface area contributed by atoms with E-state index in [9.17, 15) is 0 Å². The molecule has 0 amide bonds. The minimum absolute atomic E-state index is 0.637. The van der Waals surface area contributed by atoms with Crippen LogP contribution in [0.3, 0.4) is 0 Å². The number of halogens is 1. The van der Waals surface area contributed by atoms with Crippen LogP contribution in [0, 0.1) is 0 Å². The molecule has 1 unspecified atom stereocenters. The molecule has 0 bridgehead atoms. The number of hydrogen-bond acceptors (Lipinski definition) is 3. The zero-order valence-corrected chi connectivity index (χ0v) is 12.3. The number of thioether (sulfide) groups is 1. The maximum Gasteiger partial charge on any atom is 0.123 e. The van der Waals surface area contributed by atoms with E-state index in [1.807, 2.05) is 23.9 Å². The van der Waals surface area contributed by atoms with Crippen molar-refractivity contribution in [2.24, 2.45) is 0 Å². The van der Waals surface area contributed by atoms with Crippen molar-refractivity contribution in [2.75, 3.05) is 19.9 Å². The lowest BCUT2D eigenvalue weighted by Crippen LogP contribution is -2.22. The topological polar surface area (TPSA) is 21.3 Å². The molecule has 1 aromatic carbocycles. The lowest BCUT2D eigenvalue weighted by molar-refractivity contribution is 0.407. The van der Waals surface area contributed by atoms with Crippen molar-refractivity contribution >= 4 is 27.7 Å². The summed E-state index contributed by atoms with van der Waals surface area (Å²) in [5.74, 6) is 0.938. The van der Waals surface area contributed by atoms with Crippen molar-refractivity contribution in [2.45, 2.75) is 18.7 Å². The Balaban J connectivity index is 2.55. The second-order valence-corrected chi connectivity index (χ2v) is 5.83. The van der Waals surface area contributed by atoms with Crippen molar-refractivity contribution in [3.8, 4) is 5.75 Å². The van der Waals surface area contributed by atoms with Crippen LogP contribution in [0.4, 0.5) is 0 Å². The molecule has 2 nitrogen and oxygen atoms in total. The summed E-state index contributed by atoms with van der Waals surface area (Å²) in [5.41, 5.74) is 1.19. The highest BCUT2D eigenvalue weighted by Gasteiger charge is 2.04. The smallest absolute Gasteiger partial charge is 0.123 e. The number of ether oxygens (including phenoxy) is 1. The summed E-state index contributed by atoms with van der Waals surface area (Å²) in [6.45, 7) is 4.07. The fourth-order valence-corrected chi connectivity index (χ4v) is 2.07. The third-order valence-corrected chi connectivity index (χ3v) is 3.86. The summed E-state index contributed by atoms with van der Waals surface area (Å²) in [6.07, 6.45) is 2.13. The first-order chi connectivity index (χ1) is 7.67. The first-order valence-corrected chi connectivity index (χ1v) is 7.31. The van der Waals surface area contributed by atoms with Gasteiger partial charge in [-0.25, -0.2) is 0 Å². The van der Waals surface area contributed by atoms with E-state index in [4.69, 9.17) is 4.74 Å². The summed E-state index contributed by atoms with van der Waals surface area (Å²) < 4.78 is 6.40. The molecule has 0 radical (unpaired) electrons. The van der Waals surface area contributed by atoms with E-state index in [-0.39, 0.29) is 0 Å². The van der Waals surface area contributed by atoms with Gasteiger partial charge in [0.1, 0.15) is 5.75 Å². The molecule has 0 aromatic heterocycles. The zero-order chi connectivity index (χ0) is 12.0. The molecule has 1 rings (SSSR count). The van der Waals surface area contributed by atoms with Crippen molar-refractivity contribution < 1.29 is 4.74 Å². The highest BCUT2D eigenvalue weighted by molar-refractivity contribution is 9.10. The average Bonchev–Trinajstić information content (AvgIpc) is 2.29. The van der Waals surface area contributed by atoms with Crippen molar-refractivity contribution in [1.82, 2.24) is 5.32 Å². The van der Waals surface area contributed by atoms with Crippen LogP contribution >= 0.6 is 27.7 Å². The van der Waals surface area contributed by atoms with Crippen LogP contribution < -0.4 is 10.1 Å². The Bertz CT molecular complexity index is 333. The molecule has 0 heterocycles. The molecule has 0 saturated heterocycles. The normalized spacial score (nSPS) is 12.5. The quantitative estimate of drug-likeness (QED) is 0.871. The number of rotatable bonds is 6. The third kappa shape index (κ3) is 4.36. The fraction of sp³-hybridized carbons (Fsp3) is 0.500. The molecule has 4 heteroatoms. The summed E-state index contributed by atoms with van der Waals surface area (Å²) in [6, 6.07) is 6.07. The van der Waals surface area contributed by atoms with Gasteiger partial charge in [-0.3, -0.25) is 0 Å². The van der Waals surface area contributed by atoms with E-state index in [0.29, 0.717) is 5.25 Å². The SMILES string of the molecule is COc1ccc(Br)cc1CNCC(C)SC. The lowest BCUT2D eigenvalue weighted by atomic mass is 10.2. The zero-order valence-electron chi connectivity index (χ0n) is 9.92. The van der Waals surface area contributed by atoms with Gasteiger partial charge < -0.3 is 10.1 Å². The summed E-state index contributed by atoms with van der Waals surface area (Å²) in [5, 5.41) is 4.07. The van der Waals surface area contributed by atoms with Crippen molar-refractivity contribution in [3.05, 3.63) is 28.2 Å². The minimum Gasteiger partial charge on any atom is -0.496 e. The Morgan fingerprint density at radius 2 is 2.25 bits per heavy atom. The number of nitrogens with one attached hydrogen (secondary N) is 1. The maximum atomic E-state index is 5.32. The number of methoxy groups -OCH3 is 1. The molecule has 1 N–H and O–H groups in total. The molecule has 0 saturated carbocycles. The Morgan fingerprint density at radius 3 is 2.88 bits per heavy atom. The van der Waals surface area contributed by atoms with Crippen molar-refractivity contribution in [1.29, 1.82) is 0 Å². The van der Waals surface area contributed by atoms with Gasteiger partial charge in [-0.1, -0.05) is 22.9 Å². The summed E-state index contributed by atoms with van der Waals surface area (Å²) >= 11 is 5.34. The van der Waals surface area contributed by atoms with Gasteiger partial charge in [0.05, 0.1) is 7.11 Å². The second-order valence-electron chi connectivity index (χ2n) is 3.63. The van der Waals surface area contributed by atoms with E-state index in [1.165, 1.54) is 5.56 Å². The number of benzene rings is 1. The molecule has 0 spiro atoms. The Hall–Kier alpha value is -0.190. The van der Waals surface area contributed by atoms with Crippen LogP contribution in [0.25, 0.3) is 0 Å². The summed E-state index contributed by atoms with van der Waals surface area (Å²) in [4.78, 5) is 0.